The molecule has 7 heteroatoms. The molecule has 0 unspecified atom stereocenters. The van der Waals surface area contributed by atoms with Gasteiger partial charge in [0.05, 0.1) is 26.3 Å². The number of amides is 2. The third-order valence-electron chi connectivity index (χ3n) is 5.30. The Labute approximate surface area is 169 Å². The number of hydrogen-bond acceptors (Lipinski definition) is 6. The second kappa shape index (κ2) is 7.95. The largest absolute Gasteiger partial charge is 0.493 e. The molecule has 2 amide bonds. The van der Waals surface area contributed by atoms with E-state index in [0.717, 1.165) is 31.5 Å². The highest BCUT2D eigenvalue weighted by molar-refractivity contribution is 6.35. The van der Waals surface area contributed by atoms with Crippen LogP contribution in [0.4, 0.5) is 0 Å². The maximum atomic E-state index is 13.4. The molecule has 2 aromatic rings. The first-order valence-electron chi connectivity index (χ1n) is 9.60. The van der Waals surface area contributed by atoms with Gasteiger partial charge in [-0.2, -0.15) is 0 Å². The van der Waals surface area contributed by atoms with Gasteiger partial charge in [-0.3, -0.25) is 19.5 Å². The number of ether oxygens (including phenoxy) is 2. The lowest BCUT2D eigenvalue weighted by Crippen LogP contribution is -2.34. The summed E-state index contributed by atoms with van der Waals surface area (Å²) >= 11 is 0. The van der Waals surface area contributed by atoms with E-state index < -0.39 is 0 Å². The topological polar surface area (TPSA) is 72.0 Å². The molecule has 3 heterocycles. The Bertz CT molecular complexity index is 965. The van der Waals surface area contributed by atoms with Crippen LogP contribution in [0.2, 0.25) is 0 Å². The number of pyridine rings is 1. The van der Waals surface area contributed by atoms with Crippen molar-refractivity contribution in [1.29, 1.82) is 0 Å². The second-order valence-electron chi connectivity index (χ2n) is 7.05. The van der Waals surface area contributed by atoms with Crippen LogP contribution in [0.15, 0.2) is 48.4 Å². The van der Waals surface area contributed by atoms with Crippen molar-refractivity contribution in [3.63, 3.8) is 0 Å². The third kappa shape index (κ3) is 3.44. The molecule has 2 aliphatic rings. The van der Waals surface area contributed by atoms with E-state index in [1.165, 1.54) is 4.90 Å². The summed E-state index contributed by atoms with van der Waals surface area (Å²) in [5, 5.41) is 0. The van der Waals surface area contributed by atoms with Crippen molar-refractivity contribution in [2.24, 2.45) is 0 Å². The number of nitrogens with zero attached hydrogens (tertiary/aromatic N) is 3. The van der Waals surface area contributed by atoms with Crippen molar-refractivity contribution < 1.29 is 19.1 Å². The molecule has 1 aromatic heterocycles. The van der Waals surface area contributed by atoms with Crippen LogP contribution in [0.5, 0.6) is 11.5 Å². The highest BCUT2D eigenvalue weighted by Gasteiger charge is 2.42. The van der Waals surface area contributed by atoms with Crippen LogP contribution in [-0.4, -0.2) is 53.9 Å². The zero-order valence-electron chi connectivity index (χ0n) is 16.6. The molecule has 29 heavy (non-hydrogen) atoms. The van der Waals surface area contributed by atoms with Crippen LogP contribution in [-0.2, 0) is 16.1 Å². The van der Waals surface area contributed by atoms with Crippen molar-refractivity contribution >= 4 is 17.4 Å². The lowest BCUT2D eigenvalue weighted by atomic mass is 10.0. The average Bonchev–Trinajstić information content (AvgIpc) is 3.36. The maximum absolute atomic E-state index is 13.4. The first kappa shape index (κ1) is 19.0. The number of benzene rings is 1. The van der Waals surface area contributed by atoms with Gasteiger partial charge in [-0.1, -0.05) is 12.1 Å². The van der Waals surface area contributed by atoms with Crippen LogP contribution in [0, 0.1) is 0 Å². The fraction of sp³-hybridized carbons (Fsp3) is 0.318. The molecule has 7 nitrogen and oxygen atoms in total. The second-order valence-corrected chi connectivity index (χ2v) is 7.05. The first-order valence-corrected chi connectivity index (χ1v) is 9.60. The van der Waals surface area contributed by atoms with E-state index >= 15 is 0 Å². The predicted molar refractivity (Wildman–Crippen MR) is 107 cm³/mol. The fourth-order valence-electron chi connectivity index (χ4n) is 3.87. The average molecular weight is 393 g/mol. The number of likely N-dealkylation sites (tertiary alicyclic amines) is 1. The molecule has 150 valence electrons. The monoisotopic (exact) mass is 393 g/mol. The summed E-state index contributed by atoms with van der Waals surface area (Å²) in [4.78, 5) is 34.1. The molecular weight excluding hydrogens is 370 g/mol. The molecule has 1 saturated heterocycles. The molecule has 1 aromatic carbocycles. The van der Waals surface area contributed by atoms with Crippen LogP contribution in [0.25, 0.3) is 5.57 Å². The summed E-state index contributed by atoms with van der Waals surface area (Å²) in [6, 6.07) is 8.96. The Balaban J connectivity index is 1.77. The molecule has 0 radical (unpaired) electrons. The molecule has 0 aliphatic carbocycles. The van der Waals surface area contributed by atoms with Crippen molar-refractivity contribution in [3.8, 4) is 11.5 Å². The van der Waals surface area contributed by atoms with E-state index in [1.54, 1.807) is 50.9 Å². The first-order chi connectivity index (χ1) is 14.1. The van der Waals surface area contributed by atoms with E-state index in [2.05, 4.69) is 4.98 Å². The summed E-state index contributed by atoms with van der Waals surface area (Å²) in [7, 11) is 3.11. The quantitative estimate of drug-likeness (QED) is 0.702. The van der Waals surface area contributed by atoms with E-state index in [4.69, 9.17) is 9.47 Å². The van der Waals surface area contributed by atoms with Gasteiger partial charge in [-0.15, -0.1) is 0 Å². The Kier molecular flexibility index (Phi) is 5.20. The minimum Gasteiger partial charge on any atom is -0.493 e. The Morgan fingerprint density at radius 2 is 1.76 bits per heavy atom. The number of hydrogen-bond donors (Lipinski definition) is 0. The van der Waals surface area contributed by atoms with Crippen molar-refractivity contribution in [1.82, 2.24) is 14.8 Å². The minimum atomic E-state index is -0.298. The highest BCUT2D eigenvalue weighted by atomic mass is 16.5. The van der Waals surface area contributed by atoms with Crippen LogP contribution >= 0.6 is 0 Å². The van der Waals surface area contributed by atoms with Crippen molar-refractivity contribution in [2.75, 3.05) is 27.3 Å². The summed E-state index contributed by atoms with van der Waals surface area (Å²) in [5.74, 6) is 0.534. The van der Waals surface area contributed by atoms with Crippen LogP contribution in [0.1, 0.15) is 24.0 Å². The molecule has 2 aliphatic heterocycles. The molecule has 0 N–H and O–H groups in total. The minimum absolute atomic E-state index is 0.194. The molecule has 0 spiro atoms. The van der Waals surface area contributed by atoms with Crippen LogP contribution in [0.3, 0.4) is 0 Å². The summed E-state index contributed by atoms with van der Waals surface area (Å²) in [6.07, 6.45) is 5.35. The smallest absolute Gasteiger partial charge is 0.278 e. The van der Waals surface area contributed by atoms with Gasteiger partial charge in [0, 0.05) is 25.5 Å². The number of imide groups is 1. The molecule has 0 saturated carbocycles. The zero-order valence-corrected chi connectivity index (χ0v) is 16.6. The molecule has 1 fully saturated rings. The zero-order chi connectivity index (χ0) is 20.4. The standard InChI is InChI=1S/C22H23N3O4/c1-28-17-8-7-16(12-18(17)29-2)19-20(24-10-3-4-11-24)22(27)25(21(19)26)14-15-6-5-9-23-13-15/h5-9,12-13H,3-4,10-11,14H2,1-2H3. The highest BCUT2D eigenvalue weighted by Crippen LogP contribution is 2.37. The SMILES string of the molecule is COc1ccc(C2=C(N3CCCC3)C(=O)N(Cc3cccnc3)C2=O)cc1OC. The Hall–Kier alpha value is -3.35. The molecular formula is C22H23N3O4. The van der Waals surface area contributed by atoms with Gasteiger partial charge in [0.1, 0.15) is 5.70 Å². The van der Waals surface area contributed by atoms with Gasteiger partial charge in [0.15, 0.2) is 11.5 Å². The normalized spacial score (nSPS) is 16.8. The van der Waals surface area contributed by atoms with E-state index in [9.17, 15) is 9.59 Å². The number of rotatable bonds is 6. The lowest BCUT2D eigenvalue weighted by molar-refractivity contribution is -0.138. The van der Waals surface area contributed by atoms with Crippen molar-refractivity contribution in [3.05, 3.63) is 59.5 Å². The number of carbonyl (C=O) groups is 2. The maximum Gasteiger partial charge on any atom is 0.278 e. The third-order valence-corrected chi connectivity index (χ3v) is 5.30. The number of methoxy groups -OCH3 is 2. The fourth-order valence-corrected chi connectivity index (χ4v) is 3.87. The summed E-state index contributed by atoms with van der Waals surface area (Å²) < 4.78 is 10.7. The lowest BCUT2D eigenvalue weighted by Gasteiger charge is -2.20. The van der Waals surface area contributed by atoms with Gasteiger partial charge >= 0.3 is 0 Å². The summed E-state index contributed by atoms with van der Waals surface area (Å²) in [5.41, 5.74) is 2.35. The van der Waals surface area contributed by atoms with Gasteiger partial charge < -0.3 is 14.4 Å². The van der Waals surface area contributed by atoms with Crippen LogP contribution < -0.4 is 9.47 Å². The number of aromatic nitrogens is 1. The van der Waals surface area contributed by atoms with E-state index in [0.29, 0.717) is 28.3 Å². The van der Waals surface area contributed by atoms with E-state index in [-0.39, 0.29) is 18.4 Å². The summed E-state index contributed by atoms with van der Waals surface area (Å²) in [6.45, 7) is 1.73. The molecule has 0 bridgehead atoms. The van der Waals surface area contributed by atoms with E-state index in [1.807, 2.05) is 11.0 Å². The number of carbonyl (C=O) groups excluding carboxylic acids is 2. The van der Waals surface area contributed by atoms with Gasteiger partial charge in [-0.25, -0.2) is 0 Å². The molecule has 0 atom stereocenters. The van der Waals surface area contributed by atoms with Crippen molar-refractivity contribution in [2.45, 2.75) is 19.4 Å². The van der Waals surface area contributed by atoms with Gasteiger partial charge in [0.25, 0.3) is 11.8 Å². The van der Waals surface area contributed by atoms with Gasteiger partial charge in [0.2, 0.25) is 0 Å². The molecule has 4 rings (SSSR count). The predicted octanol–water partition coefficient (Wildman–Crippen LogP) is 2.47. The Morgan fingerprint density at radius 3 is 2.41 bits per heavy atom. The Morgan fingerprint density at radius 1 is 1.00 bits per heavy atom. The van der Waals surface area contributed by atoms with Gasteiger partial charge in [-0.05, 0) is 42.2 Å².